The van der Waals surface area contributed by atoms with Crippen molar-refractivity contribution in [2.75, 3.05) is 25.6 Å². The summed E-state index contributed by atoms with van der Waals surface area (Å²) < 4.78 is 0. The third kappa shape index (κ3) is 9.89. The Bertz CT molecular complexity index is 661. The molecule has 0 atom stereocenters. The Balaban J connectivity index is 0.000000340. The van der Waals surface area contributed by atoms with Crippen LogP contribution in [0.1, 0.15) is 12.7 Å². The number of aryl methyl sites for hydroxylation is 1. The van der Waals surface area contributed by atoms with Crippen LogP contribution in [0.25, 0.3) is 0 Å². The molecule has 2 heterocycles. The van der Waals surface area contributed by atoms with Crippen molar-refractivity contribution in [1.82, 2.24) is 24.8 Å². The number of carbonyl (C=O) groups excluding carboxylic acids is 1. The Morgan fingerprint density at radius 3 is 2.04 bits per heavy atom. The fourth-order valence-electron chi connectivity index (χ4n) is 0.968. The second-order valence-corrected chi connectivity index (χ2v) is 4.84. The van der Waals surface area contributed by atoms with Gasteiger partial charge in [0.15, 0.2) is 0 Å². The van der Waals surface area contributed by atoms with Crippen molar-refractivity contribution in [3.05, 3.63) is 27.4 Å². The van der Waals surface area contributed by atoms with Gasteiger partial charge in [-0.2, -0.15) is 0 Å². The van der Waals surface area contributed by atoms with Crippen molar-refractivity contribution in [2.45, 2.75) is 13.8 Å². The van der Waals surface area contributed by atoms with Gasteiger partial charge in [0.2, 0.25) is 11.7 Å². The molecule has 0 aliphatic rings. The predicted octanol–water partition coefficient (Wildman–Crippen LogP) is -1.65. The number of aromatic amines is 2. The summed E-state index contributed by atoms with van der Waals surface area (Å²) in [5, 5.41) is 10.2. The molecule has 0 aliphatic heterocycles. The number of nitrogens with two attached hydrogens (primary N) is 2. The Morgan fingerprint density at radius 2 is 1.75 bits per heavy atom. The summed E-state index contributed by atoms with van der Waals surface area (Å²) in [6.45, 7) is 3.25. The average molecular weight is 359 g/mol. The molecule has 0 unspecified atom stereocenters. The summed E-state index contributed by atoms with van der Waals surface area (Å²) in [5.41, 5.74) is 10.0. The van der Waals surface area contributed by atoms with Gasteiger partial charge in [0.25, 0.3) is 5.56 Å². The maximum Gasteiger partial charge on any atom is 0.318 e. The van der Waals surface area contributed by atoms with Crippen LogP contribution < -0.4 is 27.1 Å². The van der Waals surface area contributed by atoms with Crippen LogP contribution in [0.3, 0.4) is 0 Å². The maximum atomic E-state index is 10.3. The normalized spacial score (nSPS) is 9.04. The number of halogens is 1. The van der Waals surface area contributed by atoms with E-state index in [-0.39, 0.29) is 11.1 Å². The number of rotatable bonds is 0. The van der Waals surface area contributed by atoms with E-state index in [0.29, 0.717) is 17.7 Å². The molecule has 132 valence electrons. The van der Waals surface area contributed by atoms with Crippen molar-refractivity contribution in [1.29, 1.82) is 0 Å². The molecule has 12 heteroatoms. The van der Waals surface area contributed by atoms with Crippen molar-refractivity contribution >= 4 is 29.4 Å². The minimum atomic E-state index is -0.715. The van der Waals surface area contributed by atoms with Crippen LogP contribution in [-0.4, -0.2) is 44.8 Å². The van der Waals surface area contributed by atoms with E-state index in [2.05, 4.69) is 19.9 Å². The Hall–Kier alpha value is -2.95. The highest BCUT2D eigenvalue weighted by atomic mass is 35.5. The highest BCUT2D eigenvalue weighted by molar-refractivity contribution is 6.29. The summed E-state index contributed by atoms with van der Waals surface area (Å²) in [4.78, 5) is 37.1. The fraction of sp³-hybridized carbons (Fsp3) is 0.333. The molecule has 24 heavy (non-hydrogen) atoms. The van der Waals surface area contributed by atoms with Crippen LogP contribution in [0.5, 0.6) is 6.01 Å². The lowest BCUT2D eigenvalue weighted by Gasteiger charge is -2.02. The predicted molar refractivity (Wildman–Crippen MR) is 85.8 cm³/mol. The zero-order valence-corrected chi connectivity index (χ0v) is 14.4. The van der Waals surface area contributed by atoms with Gasteiger partial charge in [0.05, 0.1) is 6.01 Å². The third-order valence-corrected chi connectivity index (χ3v) is 2.33. The summed E-state index contributed by atoms with van der Waals surface area (Å²) >= 11 is 5.22. The highest BCUT2D eigenvalue weighted by Crippen LogP contribution is 1.99. The minimum Gasteiger partial charge on any atom is -0.846 e. The Kier molecular flexibility index (Phi) is 8.72. The third-order valence-electron chi connectivity index (χ3n) is 2.14. The van der Waals surface area contributed by atoms with Crippen LogP contribution in [0.2, 0.25) is 5.15 Å². The van der Waals surface area contributed by atoms with Crippen molar-refractivity contribution < 1.29 is 14.9 Å². The largest absolute Gasteiger partial charge is 0.846 e. The fourth-order valence-corrected chi connectivity index (χ4v) is 1.14. The van der Waals surface area contributed by atoms with Crippen LogP contribution in [0, 0.1) is 6.92 Å². The molecule has 0 aliphatic carbocycles. The molecule has 0 saturated heterocycles. The molecule has 2 aromatic heterocycles. The summed E-state index contributed by atoms with van der Waals surface area (Å²) in [6.07, 6.45) is 0. The Morgan fingerprint density at radius 1 is 1.29 bits per heavy atom. The van der Waals surface area contributed by atoms with Gasteiger partial charge in [-0.25, -0.2) is 9.97 Å². The molecule has 1 amide bonds. The zero-order valence-electron chi connectivity index (χ0n) is 13.6. The molecule has 0 aromatic carbocycles. The highest BCUT2D eigenvalue weighted by Gasteiger charge is 2.00. The first-order chi connectivity index (χ1) is 11.0. The average Bonchev–Trinajstić information content (AvgIpc) is 2.36. The quantitative estimate of drug-likeness (QED) is 0.468. The monoisotopic (exact) mass is 358 g/mol. The molecular weight excluding hydrogens is 340 g/mol. The first kappa shape index (κ1) is 21.0. The van der Waals surface area contributed by atoms with Gasteiger partial charge in [-0.15, -0.1) is 9.97 Å². The van der Waals surface area contributed by atoms with Gasteiger partial charge >= 0.3 is 11.9 Å². The number of nitrogens with one attached hydrogen (secondary N) is 2. The van der Waals surface area contributed by atoms with Gasteiger partial charge < -0.3 is 26.5 Å². The van der Waals surface area contributed by atoms with E-state index < -0.39 is 11.6 Å². The zero-order chi connectivity index (χ0) is 18.9. The minimum absolute atomic E-state index is 0.0799. The molecule has 0 fully saturated rings. The SMILES string of the molecule is CC(=O)N(C)C.Cc1nc(N)[nH+]c(N)n1.O=c1cc(Cl)nc([O-])[nH]1. The number of H-pyrrole nitrogens is 2. The number of aromatic nitrogens is 5. The lowest BCUT2D eigenvalue weighted by Crippen LogP contribution is -2.20. The topological polar surface area (TPSA) is 181 Å². The summed E-state index contributed by atoms with van der Waals surface area (Å²) in [5.74, 6) is 1.25. The van der Waals surface area contributed by atoms with E-state index in [0.717, 1.165) is 6.07 Å². The number of hydrogen-bond donors (Lipinski definition) is 3. The van der Waals surface area contributed by atoms with E-state index in [9.17, 15) is 14.7 Å². The lowest BCUT2D eigenvalue weighted by molar-refractivity contribution is -0.351. The van der Waals surface area contributed by atoms with Crippen LogP contribution in [-0.2, 0) is 4.79 Å². The second-order valence-electron chi connectivity index (χ2n) is 4.45. The van der Waals surface area contributed by atoms with Crippen LogP contribution >= 0.6 is 11.6 Å². The number of carbonyl (C=O) groups is 1. The molecule has 0 radical (unpaired) electrons. The van der Waals surface area contributed by atoms with E-state index in [1.165, 1.54) is 11.8 Å². The number of nitrogens with zero attached hydrogens (tertiary/aromatic N) is 4. The molecule has 11 nitrogen and oxygen atoms in total. The number of hydrogen-bond acceptors (Lipinski definition) is 8. The smallest absolute Gasteiger partial charge is 0.318 e. The standard InChI is InChI=1S/C4H3ClN2O2.C4H7N5.C4H9NO/c5-2-1-3(8)7-4(9)6-2;1-2-7-3(5)9-4(6)8-2;1-4(6)5(2)3/h1H,(H2,6,7,8,9);1H3,(H4,5,6,7,8,9);1-3H3. The van der Waals surface area contributed by atoms with Gasteiger partial charge in [0.1, 0.15) is 5.15 Å². The first-order valence-electron chi connectivity index (χ1n) is 6.42. The van der Waals surface area contributed by atoms with Crippen LogP contribution in [0.15, 0.2) is 10.9 Å². The van der Waals surface area contributed by atoms with E-state index in [1.807, 2.05) is 4.98 Å². The summed E-state index contributed by atoms with van der Waals surface area (Å²) in [6, 6.07) is 0.315. The van der Waals surface area contributed by atoms with Gasteiger partial charge in [-0.3, -0.25) is 9.59 Å². The van der Waals surface area contributed by atoms with Crippen molar-refractivity contribution in [3.63, 3.8) is 0 Å². The second kappa shape index (κ2) is 9.94. The molecule has 2 aromatic rings. The lowest BCUT2D eigenvalue weighted by atomic mass is 10.7. The maximum absolute atomic E-state index is 10.3. The molecule has 0 spiro atoms. The van der Waals surface area contributed by atoms with Gasteiger partial charge in [-0.05, 0) is 0 Å². The molecule has 6 N–H and O–H groups in total. The van der Waals surface area contributed by atoms with Crippen molar-refractivity contribution in [2.24, 2.45) is 0 Å². The van der Waals surface area contributed by atoms with Gasteiger partial charge in [-0.1, -0.05) is 11.6 Å². The molecular formula is C12H19ClN8O3. The molecule has 2 rings (SSSR count). The Labute approximate surface area is 142 Å². The van der Waals surface area contributed by atoms with E-state index >= 15 is 0 Å². The van der Waals surface area contributed by atoms with Gasteiger partial charge in [0, 0.05) is 34.0 Å². The molecule has 0 bridgehead atoms. The van der Waals surface area contributed by atoms with Crippen LogP contribution in [0.4, 0.5) is 11.9 Å². The first-order valence-corrected chi connectivity index (χ1v) is 6.79. The number of anilines is 2. The molecule has 0 saturated carbocycles. The van der Waals surface area contributed by atoms with Crippen molar-refractivity contribution in [3.8, 4) is 6.01 Å². The van der Waals surface area contributed by atoms with E-state index in [1.54, 1.807) is 21.0 Å². The summed E-state index contributed by atoms with van der Waals surface area (Å²) in [7, 11) is 3.45. The van der Waals surface area contributed by atoms with E-state index in [4.69, 9.17) is 23.1 Å². The number of amides is 1. The number of nitrogen functional groups attached to an aromatic ring is 2.